The van der Waals surface area contributed by atoms with E-state index in [0.29, 0.717) is 6.54 Å². The van der Waals surface area contributed by atoms with Gasteiger partial charge in [0.05, 0.1) is 0 Å². The van der Waals surface area contributed by atoms with Crippen molar-refractivity contribution in [1.29, 1.82) is 0 Å². The summed E-state index contributed by atoms with van der Waals surface area (Å²) in [6, 6.07) is 15.1. The molecule has 0 aromatic heterocycles. The first-order chi connectivity index (χ1) is 11.4. The molecule has 2 aromatic carbocycles. The molecule has 2 aliphatic carbocycles. The Hall–Kier alpha value is -2.38. The van der Waals surface area contributed by atoms with Gasteiger partial charge in [-0.05, 0) is 70.5 Å². The molecule has 2 N–H and O–H groups in total. The molecule has 2 aromatic rings. The second-order valence-corrected chi connectivity index (χ2v) is 6.21. The van der Waals surface area contributed by atoms with Crippen LogP contribution in [0.1, 0.15) is 24.8 Å². The van der Waals surface area contributed by atoms with Crippen molar-refractivity contribution in [2.75, 3.05) is 6.54 Å². The SMILES string of the molecule is NCCC1=C/C(=C\c2cccc3ccccc23)C2=C1CC=CC2. The van der Waals surface area contributed by atoms with E-state index in [1.165, 1.54) is 38.6 Å². The van der Waals surface area contributed by atoms with Gasteiger partial charge in [-0.3, -0.25) is 0 Å². The van der Waals surface area contributed by atoms with E-state index in [1.807, 2.05) is 0 Å². The summed E-state index contributed by atoms with van der Waals surface area (Å²) in [5.41, 5.74) is 12.9. The first-order valence-electron chi connectivity index (χ1n) is 8.34. The second-order valence-electron chi connectivity index (χ2n) is 6.21. The monoisotopic (exact) mass is 299 g/mol. The van der Waals surface area contributed by atoms with Gasteiger partial charge >= 0.3 is 0 Å². The zero-order chi connectivity index (χ0) is 15.6. The summed E-state index contributed by atoms with van der Waals surface area (Å²) >= 11 is 0. The lowest BCUT2D eigenvalue weighted by Gasteiger charge is -2.13. The average molecular weight is 299 g/mol. The number of nitrogens with two attached hydrogens (primary N) is 1. The van der Waals surface area contributed by atoms with Crippen LogP contribution in [0, 0.1) is 0 Å². The van der Waals surface area contributed by atoms with Crippen molar-refractivity contribution in [3.63, 3.8) is 0 Å². The molecule has 0 unspecified atom stereocenters. The molecule has 0 aliphatic heterocycles. The minimum atomic E-state index is 0.716. The first kappa shape index (κ1) is 14.2. The van der Waals surface area contributed by atoms with Gasteiger partial charge in [-0.25, -0.2) is 0 Å². The Balaban J connectivity index is 1.82. The predicted molar refractivity (Wildman–Crippen MR) is 99.1 cm³/mol. The molecule has 0 saturated carbocycles. The van der Waals surface area contributed by atoms with Crippen molar-refractivity contribution in [3.05, 3.63) is 88.5 Å². The van der Waals surface area contributed by atoms with Crippen LogP contribution in [-0.4, -0.2) is 6.54 Å². The Bertz CT molecular complexity index is 872. The summed E-state index contributed by atoms with van der Waals surface area (Å²) in [4.78, 5) is 0. The van der Waals surface area contributed by atoms with Crippen LogP contribution < -0.4 is 5.73 Å². The molecule has 114 valence electrons. The molecular weight excluding hydrogens is 278 g/mol. The summed E-state index contributed by atoms with van der Waals surface area (Å²) in [5.74, 6) is 0. The fraction of sp³-hybridized carbons (Fsp3) is 0.182. The van der Waals surface area contributed by atoms with Gasteiger partial charge < -0.3 is 5.73 Å². The van der Waals surface area contributed by atoms with E-state index in [4.69, 9.17) is 5.73 Å². The van der Waals surface area contributed by atoms with Crippen LogP contribution >= 0.6 is 0 Å². The van der Waals surface area contributed by atoms with Crippen LogP contribution in [0.15, 0.2) is 83.0 Å². The van der Waals surface area contributed by atoms with Gasteiger partial charge in [0.1, 0.15) is 0 Å². The third-order valence-corrected chi connectivity index (χ3v) is 4.79. The predicted octanol–water partition coefficient (Wildman–Crippen LogP) is 5.16. The van der Waals surface area contributed by atoms with Crippen molar-refractivity contribution in [1.82, 2.24) is 0 Å². The molecule has 4 rings (SSSR count). The fourth-order valence-corrected chi connectivity index (χ4v) is 3.68. The van der Waals surface area contributed by atoms with Crippen LogP contribution in [0.5, 0.6) is 0 Å². The maximum absolute atomic E-state index is 5.80. The van der Waals surface area contributed by atoms with E-state index in [1.54, 1.807) is 0 Å². The number of allylic oxidation sites excluding steroid dienone is 6. The van der Waals surface area contributed by atoms with Crippen molar-refractivity contribution in [2.24, 2.45) is 5.73 Å². The zero-order valence-corrected chi connectivity index (χ0v) is 13.3. The van der Waals surface area contributed by atoms with E-state index in [9.17, 15) is 0 Å². The van der Waals surface area contributed by atoms with Crippen LogP contribution in [-0.2, 0) is 0 Å². The molecule has 2 aliphatic rings. The topological polar surface area (TPSA) is 26.0 Å². The standard InChI is InChI=1S/C22H21N/c23-13-12-18-15-19(22-11-4-3-10-21(18)22)14-17-8-5-7-16-6-1-2-9-20(16)17/h1-9,14-15H,10-13,23H2/b19-14+. The number of benzene rings is 2. The summed E-state index contributed by atoms with van der Waals surface area (Å²) in [6.07, 6.45) is 12.3. The summed E-state index contributed by atoms with van der Waals surface area (Å²) < 4.78 is 0. The summed E-state index contributed by atoms with van der Waals surface area (Å²) in [5, 5.41) is 2.61. The Morgan fingerprint density at radius 1 is 0.913 bits per heavy atom. The van der Waals surface area contributed by atoms with Gasteiger partial charge in [-0.15, -0.1) is 0 Å². The summed E-state index contributed by atoms with van der Waals surface area (Å²) in [7, 11) is 0. The molecule has 0 heterocycles. The molecule has 0 saturated heterocycles. The number of hydrogen-bond donors (Lipinski definition) is 1. The number of rotatable bonds is 3. The highest BCUT2D eigenvalue weighted by molar-refractivity contribution is 5.92. The molecule has 0 bridgehead atoms. The third kappa shape index (κ3) is 2.58. The summed E-state index contributed by atoms with van der Waals surface area (Å²) in [6.45, 7) is 0.716. The average Bonchev–Trinajstić information content (AvgIpc) is 2.94. The lowest BCUT2D eigenvalue weighted by atomic mass is 9.92. The van der Waals surface area contributed by atoms with Gasteiger partial charge in [0.25, 0.3) is 0 Å². The maximum Gasteiger partial charge on any atom is -0.00366 e. The highest BCUT2D eigenvalue weighted by Gasteiger charge is 2.21. The lowest BCUT2D eigenvalue weighted by molar-refractivity contribution is 0.940. The van der Waals surface area contributed by atoms with Crippen LogP contribution in [0.2, 0.25) is 0 Å². The molecule has 0 spiro atoms. The molecule has 0 atom stereocenters. The minimum absolute atomic E-state index is 0.716. The zero-order valence-electron chi connectivity index (χ0n) is 13.3. The van der Waals surface area contributed by atoms with Gasteiger partial charge in [-0.2, -0.15) is 0 Å². The van der Waals surface area contributed by atoms with E-state index < -0.39 is 0 Å². The fourth-order valence-electron chi connectivity index (χ4n) is 3.68. The number of fused-ring (bicyclic) bond motifs is 1. The molecule has 1 heteroatoms. The smallest absolute Gasteiger partial charge is 0.00366 e. The first-order valence-corrected chi connectivity index (χ1v) is 8.34. The van der Waals surface area contributed by atoms with Gasteiger partial charge in [0.15, 0.2) is 0 Å². The minimum Gasteiger partial charge on any atom is -0.330 e. The Labute approximate surface area is 137 Å². The van der Waals surface area contributed by atoms with E-state index in [0.717, 1.165) is 19.3 Å². The van der Waals surface area contributed by atoms with Gasteiger partial charge in [0.2, 0.25) is 0 Å². The van der Waals surface area contributed by atoms with Crippen LogP contribution in [0.4, 0.5) is 0 Å². The van der Waals surface area contributed by atoms with Crippen molar-refractivity contribution >= 4 is 16.8 Å². The molecular formula is C22H21N. The highest BCUT2D eigenvalue weighted by Crippen LogP contribution is 2.40. The Kier molecular flexibility index (Phi) is 3.72. The largest absolute Gasteiger partial charge is 0.330 e. The Morgan fingerprint density at radius 3 is 2.57 bits per heavy atom. The van der Waals surface area contributed by atoms with Gasteiger partial charge in [0, 0.05) is 0 Å². The lowest BCUT2D eigenvalue weighted by Crippen LogP contribution is -2.02. The quantitative estimate of drug-likeness (QED) is 0.778. The van der Waals surface area contributed by atoms with Crippen molar-refractivity contribution in [3.8, 4) is 0 Å². The molecule has 0 fully saturated rings. The number of hydrogen-bond acceptors (Lipinski definition) is 1. The Morgan fingerprint density at radius 2 is 1.70 bits per heavy atom. The van der Waals surface area contributed by atoms with Crippen molar-refractivity contribution in [2.45, 2.75) is 19.3 Å². The van der Waals surface area contributed by atoms with Gasteiger partial charge in [-0.1, -0.05) is 60.7 Å². The molecule has 1 nitrogen and oxygen atoms in total. The van der Waals surface area contributed by atoms with Crippen molar-refractivity contribution < 1.29 is 0 Å². The van der Waals surface area contributed by atoms with Crippen LogP contribution in [0.3, 0.4) is 0 Å². The molecule has 23 heavy (non-hydrogen) atoms. The van der Waals surface area contributed by atoms with E-state index >= 15 is 0 Å². The second kappa shape index (κ2) is 6.02. The maximum atomic E-state index is 5.80. The van der Waals surface area contributed by atoms with E-state index in [2.05, 4.69) is 66.8 Å². The molecule has 0 radical (unpaired) electrons. The highest BCUT2D eigenvalue weighted by atomic mass is 14.5. The third-order valence-electron chi connectivity index (χ3n) is 4.79. The normalized spacial score (nSPS) is 18.7. The molecule has 0 amide bonds. The van der Waals surface area contributed by atoms with E-state index in [-0.39, 0.29) is 0 Å². The van der Waals surface area contributed by atoms with Crippen LogP contribution in [0.25, 0.3) is 16.8 Å².